The number of hydrogen-bond acceptors (Lipinski definition) is 6. The number of fused-ring (bicyclic) bond motifs is 3. The van der Waals surface area contributed by atoms with Gasteiger partial charge in [0.1, 0.15) is 11.5 Å². The Bertz CT molecular complexity index is 1300. The molecule has 0 radical (unpaired) electrons. The number of rotatable bonds is 3. The SMILES string of the molecule is Fc1ccc(C(F)(F)F)nc1N1CCC(c2nnc3n2-c2ccc(Cl)cc2CN([C@H]2CCOC2)C3)CC1. The predicted molar refractivity (Wildman–Crippen MR) is 128 cm³/mol. The number of ether oxygens (including phenoxy) is 1. The van der Waals surface area contributed by atoms with Gasteiger partial charge < -0.3 is 9.64 Å². The summed E-state index contributed by atoms with van der Waals surface area (Å²) in [6, 6.07) is 7.60. The summed E-state index contributed by atoms with van der Waals surface area (Å²) in [5, 5.41) is 9.78. The molecule has 0 bridgehead atoms. The van der Waals surface area contributed by atoms with Gasteiger partial charge in [0, 0.05) is 43.2 Å². The van der Waals surface area contributed by atoms with E-state index in [1.165, 1.54) is 0 Å². The van der Waals surface area contributed by atoms with E-state index >= 15 is 0 Å². The number of hydrogen-bond donors (Lipinski definition) is 0. The lowest BCUT2D eigenvalue weighted by Gasteiger charge is -2.33. The van der Waals surface area contributed by atoms with Crippen molar-refractivity contribution in [3.63, 3.8) is 0 Å². The van der Waals surface area contributed by atoms with Crippen LogP contribution in [-0.4, -0.2) is 57.0 Å². The van der Waals surface area contributed by atoms with E-state index in [0.29, 0.717) is 56.7 Å². The van der Waals surface area contributed by atoms with Crippen LogP contribution in [0.25, 0.3) is 5.69 Å². The molecular weight excluding hydrogens is 512 g/mol. The molecule has 37 heavy (non-hydrogen) atoms. The third-order valence-corrected chi connectivity index (χ3v) is 7.69. The van der Waals surface area contributed by atoms with Gasteiger partial charge in [-0.2, -0.15) is 13.2 Å². The third kappa shape index (κ3) is 4.68. The maximum absolute atomic E-state index is 14.4. The van der Waals surface area contributed by atoms with Crippen LogP contribution >= 0.6 is 11.6 Å². The minimum atomic E-state index is -4.63. The van der Waals surface area contributed by atoms with Gasteiger partial charge in [-0.3, -0.25) is 9.47 Å². The average Bonchev–Trinajstić information content (AvgIpc) is 3.52. The zero-order valence-corrected chi connectivity index (χ0v) is 20.6. The van der Waals surface area contributed by atoms with Gasteiger partial charge in [-0.1, -0.05) is 11.6 Å². The lowest BCUT2D eigenvalue weighted by molar-refractivity contribution is -0.141. The number of pyridine rings is 1. The summed E-state index contributed by atoms with van der Waals surface area (Å²) in [5.74, 6) is 0.625. The van der Waals surface area contributed by atoms with Gasteiger partial charge in [-0.25, -0.2) is 9.37 Å². The summed E-state index contributed by atoms with van der Waals surface area (Å²) in [5.41, 5.74) is 0.960. The highest BCUT2D eigenvalue weighted by Crippen LogP contribution is 2.36. The summed E-state index contributed by atoms with van der Waals surface area (Å²) in [4.78, 5) is 7.52. The van der Waals surface area contributed by atoms with E-state index in [0.717, 1.165) is 42.0 Å². The Hall–Kier alpha value is -2.76. The number of benzene rings is 1. The standard InChI is InChI=1S/C25H25ClF4N6O/c26-17-1-3-20-16(11-17)12-35(18-7-10-37-14-18)13-22-32-33-23(36(20)22)15-5-8-34(9-6-15)24-19(27)2-4-21(31-24)25(28,29)30/h1-4,11,15,18H,5-10,12-14H2/t18-/m0/s1. The van der Waals surface area contributed by atoms with Crippen LogP contribution in [0, 0.1) is 5.82 Å². The molecule has 0 amide bonds. The van der Waals surface area contributed by atoms with Crippen molar-refractivity contribution in [2.45, 2.75) is 50.5 Å². The number of nitrogens with zero attached hydrogens (tertiary/aromatic N) is 6. The first-order valence-corrected chi connectivity index (χ1v) is 12.7. The van der Waals surface area contributed by atoms with Crippen LogP contribution < -0.4 is 4.90 Å². The van der Waals surface area contributed by atoms with Crippen molar-refractivity contribution in [2.24, 2.45) is 0 Å². The Balaban J connectivity index is 1.28. The van der Waals surface area contributed by atoms with Crippen LogP contribution in [0.3, 0.4) is 0 Å². The highest BCUT2D eigenvalue weighted by molar-refractivity contribution is 6.30. The molecule has 3 aliphatic rings. The number of alkyl halides is 3. The topological polar surface area (TPSA) is 59.3 Å². The molecule has 2 aromatic heterocycles. The van der Waals surface area contributed by atoms with E-state index in [9.17, 15) is 17.6 Å². The minimum absolute atomic E-state index is 0.0104. The normalized spacial score (nSPS) is 21.1. The Morgan fingerprint density at radius 2 is 1.81 bits per heavy atom. The quantitative estimate of drug-likeness (QED) is 0.441. The van der Waals surface area contributed by atoms with E-state index < -0.39 is 17.7 Å². The first-order valence-electron chi connectivity index (χ1n) is 12.3. The molecule has 0 unspecified atom stereocenters. The molecular formula is C25H25ClF4N6O. The molecule has 2 saturated heterocycles. The average molecular weight is 537 g/mol. The van der Waals surface area contributed by atoms with Crippen molar-refractivity contribution in [1.29, 1.82) is 0 Å². The fourth-order valence-electron chi connectivity index (χ4n) is 5.54. The molecule has 3 aromatic rings. The molecule has 5 heterocycles. The molecule has 1 atom stereocenters. The number of aromatic nitrogens is 4. The second kappa shape index (κ2) is 9.52. The van der Waals surface area contributed by atoms with Gasteiger partial charge in [0.25, 0.3) is 0 Å². The Kier molecular flexibility index (Phi) is 6.32. The van der Waals surface area contributed by atoms with Crippen molar-refractivity contribution in [2.75, 3.05) is 31.2 Å². The van der Waals surface area contributed by atoms with E-state index in [1.54, 1.807) is 4.90 Å². The Labute approximate surface area is 216 Å². The molecule has 2 fully saturated rings. The summed E-state index contributed by atoms with van der Waals surface area (Å²) in [7, 11) is 0. The first-order chi connectivity index (χ1) is 17.8. The van der Waals surface area contributed by atoms with Gasteiger partial charge in [0.05, 0.1) is 18.8 Å². The van der Waals surface area contributed by atoms with Crippen LogP contribution in [0.1, 0.15) is 48.1 Å². The summed E-state index contributed by atoms with van der Waals surface area (Å²) in [6.07, 6.45) is -2.51. The second-order valence-electron chi connectivity index (χ2n) is 9.77. The Morgan fingerprint density at radius 3 is 2.54 bits per heavy atom. The molecule has 0 N–H and O–H groups in total. The van der Waals surface area contributed by atoms with Crippen LogP contribution in [0.15, 0.2) is 30.3 Å². The maximum atomic E-state index is 14.4. The van der Waals surface area contributed by atoms with Crippen molar-refractivity contribution in [3.05, 3.63) is 64.1 Å². The van der Waals surface area contributed by atoms with Crippen LogP contribution in [0.5, 0.6) is 0 Å². The van der Waals surface area contributed by atoms with Gasteiger partial charge in [0.2, 0.25) is 0 Å². The molecule has 196 valence electrons. The van der Waals surface area contributed by atoms with Crippen LogP contribution in [0.4, 0.5) is 23.4 Å². The smallest absolute Gasteiger partial charge is 0.380 e. The second-order valence-corrected chi connectivity index (χ2v) is 10.2. The lowest BCUT2D eigenvalue weighted by atomic mass is 9.95. The molecule has 3 aliphatic heterocycles. The highest BCUT2D eigenvalue weighted by Gasteiger charge is 2.36. The largest absolute Gasteiger partial charge is 0.433 e. The number of anilines is 1. The molecule has 0 saturated carbocycles. The minimum Gasteiger partial charge on any atom is -0.380 e. The van der Waals surface area contributed by atoms with Crippen LogP contribution in [0.2, 0.25) is 5.02 Å². The van der Waals surface area contributed by atoms with E-state index in [2.05, 4.69) is 24.6 Å². The zero-order chi connectivity index (χ0) is 25.7. The van der Waals surface area contributed by atoms with E-state index in [4.69, 9.17) is 16.3 Å². The maximum Gasteiger partial charge on any atom is 0.433 e. The molecule has 12 heteroatoms. The lowest BCUT2D eigenvalue weighted by Crippen LogP contribution is -2.35. The predicted octanol–water partition coefficient (Wildman–Crippen LogP) is 4.96. The van der Waals surface area contributed by atoms with Gasteiger partial charge in [-0.15, -0.1) is 10.2 Å². The van der Waals surface area contributed by atoms with Crippen molar-refractivity contribution in [3.8, 4) is 5.69 Å². The molecule has 6 rings (SSSR count). The summed E-state index contributed by atoms with van der Waals surface area (Å²) < 4.78 is 61.6. The van der Waals surface area contributed by atoms with Crippen molar-refractivity contribution in [1.82, 2.24) is 24.6 Å². The van der Waals surface area contributed by atoms with Gasteiger partial charge >= 0.3 is 6.18 Å². The first kappa shape index (κ1) is 24.6. The highest BCUT2D eigenvalue weighted by atomic mass is 35.5. The zero-order valence-electron chi connectivity index (χ0n) is 19.9. The van der Waals surface area contributed by atoms with Crippen LogP contribution in [-0.2, 0) is 24.0 Å². The van der Waals surface area contributed by atoms with Gasteiger partial charge in [-0.05, 0) is 55.2 Å². The molecule has 0 spiro atoms. The fourth-order valence-corrected chi connectivity index (χ4v) is 5.74. The third-order valence-electron chi connectivity index (χ3n) is 7.46. The number of halogens is 5. The van der Waals surface area contributed by atoms with E-state index in [-0.39, 0.29) is 17.8 Å². The van der Waals surface area contributed by atoms with Crippen molar-refractivity contribution < 1.29 is 22.3 Å². The molecule has 1 aromatic carbocycles. The summed E-state index contributed by atoms with van der Waals surface area (Å²) >= 11 is 6.36. The van der Waals surface area contributed by atoms with E-state index in [1.807, 2.05) is 18.2 Å². The molecule has 7 nitrogen and oxygen atoms in total. The van der Waals surface area contributed by atoms with Crippen molar-refractivity contribution >= 4 is 17.4 Å². The van der Waals surface area contributed by atoms with Gasteiger partial charge in [0.15, 0.2) is 17.5 Å². The summed E-state index contributed by atoms with van der Waals surface area (Å²) in [6.45, 7) is 3.46. The number of piperidine rings is 1. The fraction of sp³-hybridized carbons (Fsp3) is 0.480. The Morgan fingerprint density at radius 1 is 1.00 bits per heavy atom. The molecule has 0 aliphatic carbocycles. The monoisotopic (exact) mass is 536 g/mol.